The Hall–Kier alpha value is -3.18. The Morgan fingerprint density at radius 1 is 0.677 bits per heavy atom. The summed E-state index contributed by atoms with van der Waals surface area (Å²) in [5.41, 5.74) is -0.0856. The van der Waals surface area contributed by atoms with Crippen LogP contribution in [0.2, 0.25) is 0 Å². The Balaban J connectivity index is 2.02. The van der Waals surface area contributed by atoms with E-state index < -0.39 is 47.2 Å². The van der Waals surface area contributed by atoms with E-state index in [1.807, 2.05) is 0 Å². The van der Waals surface area contributed by atoms with Gasteiger partial charge in [-0.3, -0.25) is 9.44 Å². The molecule has 0 saturated heterocycles. The minimum Gasteiger partial charge on any atom is -0.505 e. The van der Waals surface area contributed by atoms with Gasteiger partial charge in [0.15, 0.2) is 5.75 Å². The third kappa shape index (κ3) is 4.47. The standard InChI is InChI=1S/C20H18F2N2O5S2/c1-12-14(21)6-3-8-16(12)23-30(26,27)18-10-5-11-19(20(18)25)31(28,29)24-17-9-4-7-15(22)13(17)2/h3-11,23-25H,1-2H3. The molecule has 0 radical (unpaired) electrons. The van der Waals surface area contributed by atoms with Crippen LogP contribution in [-0.4, -0.2) is 21.9 Å². The minimum atomic E-state index is -4.47. The Bertz CT molecular complexity index is 1270. The highest BCUT2D eigenvalue weighted by Gasteiger charge is 2.27. The summed E-state index contributed by atoms with van der Waals surface area (Å²) >= 11 is 0. The predicted molar refractivity (Wildman–Crippen MR) is 112 cm³/mol. The summed E-state index contributed by atoms with van der Waals surface area (Å²) in [5, 5.41) is 10.5. The first-order valence-electron chi connectivity index (χ1n) is 8.82. The number of aromatic hydroxyl groups is 1. The molecule has 3 aromatic carbocycles. The van der Waals surface area contributed by atoms with Gasteiger partial charge in [0.25, 0.3) is 20.0 Å². The summed E-state index contributed by atoms with van der Waals surface area (Å²) in [6.07, 6.45) is 0. The number of phenolic OH excluding ortho intramolecular Hbond substituents is 1. The third-order valence-electron chi connectivity index (χ3n) is 4.57. The molecule has 0 unspecified atom stereocenters. The van der Waals surface area contributed by atoms with E-state index in [0.29, 0.717) is 0 Å². The predicted octanol–water partition coefficient (Wildman–Crippen LogP) is 3.89. The fourth-order valence-corrected chi connectivity index (χ4v) is 5.32. The lowest BCUT2D eigenvalue weighted by atomic mass is 10.2. The zero-order valence-corrected chi connectivity index (χ0v) is 18.0. The van der Waals surface area contributed by atoms with Crippen LogP contribution < -0.4 is 9.44 Å². The first-order valence-corrected chi connectivity index (χ1v) is 11.8. The van der Waals surface area contributed by atoms with Gasteiger partial charge in [-0.25, -0.2) is 25.6 Å². The molecule has 0 bridgehead atoms. The summed E-state index contributed by atoms with van der Waals surface area (Å²) in [5.74, 6) is -2.32. The van der Waals surface area contributed by atoms with Crippen LogP contribution in [0.3, 0.4) is 0 Å². The molecule has 3 aromatic rings. The van der Waals surface area contributed by atoms with E-state index in [1.54, 1.807) is 0 Å². The van der Waals surface area contributed by atoms with Gasteiger partial charge < -0.3 is 5.11 Å². The summed E-state index contributed by atoms with van der Waals surface area (Å²) in [4.78, 5) is -1.45. The Kier molecular flexibility index (Phi) is 5.92. The lowest BCUT2D eigenvalue weighted by molar-refractivity contribution is 0.443. The second-order valence-electron chi connectivity index (χ2n) is 6.64. The fraction of sp³-hybridized carbons (Fsp3) is 0.100. The molecule has 164 valence electrons. The quantitative estimate of drug-likeness (QED) is 0.508. The second-order valence-corrected chi connectivity index (χ2v) is 9.94. The molecule has 3 N–H and O–H groups in total. The van der Waals surface area contributed by atoms with Gasteiger partial charge >= 0.3 is 0 Å². The van der Waals surface area contributed by atoms with Crippen LogP contribution >= 0.6 is 0 Å². The van der Waals surface area contributed by atoms with Crippen molar-refractivity contribution in [1.29, 1.82) is 0 Å². The summed E-state index contributed by atoms with van der Waals surface area (Å²) in [6, 6.07) is 10.7. The van der Waals surface area contributed by atoms with Crippen LogP contribution in [-0.2, 0) is 20.0 Å². The van der Waals surface area contributed by atoms with Gasteiger partial charge in [-0.05, 0) is 50.2 Å². The van der Waals surface area contributed by atoms with Gasteiger partial charge in [-0.15, -0.1) is 0 Å². The number of phenols is 1. The van der Waals surface area contributed by atoms with E-state index in [4.69, 9.17) is 0 Å². The topological polar surface area (TPSA) is 113 Å². The minimum absolute atomic E-state index is 0.0255. The Morgan fingerprint density at radius 2 is 1.03 bits per heavy atom. The van der Waals surface area contributed by atoms with E-state index in [2.05, 4.69) is 9.44 Å². The third-order valence-corrected chi connectivity index (χ3v) is 7.36. The maximum absolute atomic E-state index is 13.7. The molecule has 0 fully saturated rings. The van der Waals surface area contributed by atoms with Crippen LogP contribution in [0.5, 0.6) is 5.75 Å². The largest absolute Gasteiger partial charge is 0.505 e. The number of sulfonamides is 2. The van der Waals surface area contributed by atoms with Gasteiger partial charge in [0.05, 0.1) is 11.4 Å². The highest BCUT2D eigenvalue weighted by molar-refractivity contribution is 7.93. The molecule has 0 amide bonds. The van der Waals surface area contributed by atoms with Crippen molar-refractivity contribution < 1.29 is 30.7 Å². The second kappa shape index (κ2) is 8.16. The van der Waals surface area contributed by atoms with E-state index in [-0.39, 0.29) is 22.5 Å². The molecule has 0 aliphatic heterocycles. The van der Waals surface area contributed by atoms with Crippen LogP contribution in [0.15, 0.2) is 64.4 Å². The number of rotatable bonds is 6. The van der Waals surface area contributed by atoms with Gasteiger partial charge in [-0.1, -0.05) is 18.2 Å². The summed E-state index contributed by atoms with van der Waals surface area (Å²) in [7, 11) is -8.95. The number of hydrogen-bond acceptors (Lipinski definition) is 5. The number of hydrogen-bond donors (Lipinski definition) is 3. The molecule has 3 rings (SSSR count). The van der Waals surface area contributed by atoms with Gasteiger partial charge in [-0.2, -0.15) is 0 Å². The lowest BCUT2D eigenvalue weighted by Gasteiger charge is -2.15. The number of nitrogens with one attached hydrogen (secondary N) is 2. The molecule has 11 heteroatoms. The smallest absolute Gasteiger partial charge is 0.265 e. The first-order chi connectivity index (χ1) is 14.4. The van der Waals surface area contributed by atoms with Crippen LogP contribution in [0.4, 0.5) is 20.2 Å². The van der Waals surface area contributed by atoms with E-state index >= 15 is 0 Å². The molecule has 0 saturated carbocycles. The van der Waals surface area contributed by atoms with Crippen molar-refractivity contribution in [1.82, 2.24) is 0 Å². The molecule has 0 aliphatic rings. The van der Waals surface area contributed by atoms with Crippen molar-refractivity contribution in [3.8, 4) is 5.75 Å². The molecule has 0 aromatic heterocycles. The maximum Gasteiger partial charge on any atom is 0.265 e. The Labute approximate surface area is 178 Å². The summed E-state index contributed by atoms with van der Waals surface area (Å²) in [6.45, 7) is 2.72. The van der Waals surface area contributed by atoms with E-state index in [9.17, 15) is 30.7 Å². The first kappa shape index (κ1) is 22.5. The monoisotopic (exact) mass is 468 g/mol. The number of halogens is 2. The van der Waals surface area contributed by atoms with Gasteiger partial charge in [0, 0.05) is 11.1 Å². The fourth-order valence-electron chi connectivity index (χ4n) is 2.77. The molecular weight excluding hydrogens is 450 g/mol. The molecule has 7 nitrogen and oxygen atoms in total. The normalized spacial score (nSPS) is 11.9. The molecule has 0 aliphatic carbocycles. The van der Waals surface area contributed by atoms with Crippen molar-refractivity contribution in [2.75, 3.05) is 9.44 Å². The molecular formula is C20H18F2N2O5S2. The van der Waals surface area contributed by atoms with Crippen molar-refractivity contribution in [2.24, 2.45) is 0 Å². The number of benzene rings is 3. The van der Waals surface area contributed by atoms with Crippen molar-refractivity contribution >= 4 is 31.4 Å². The van der Waals surface area contributed by atoms with E-state index in [0.717, 1.165) is 30.3 Å². The highest BCUT2D eigenvalue weighted by atomic mass is 32.2. The Morgan fingerprint density at radius 3 is 1.42 bits per heavy atom. The summed E-state index contributed by atoms with van der Waals surface area (Å²) < 4.78 is 82.8. The SMILES string of the molecule is Cc1c(F)cccc1NS(=O)(=O)c1cccc(S(=O)(=O)Nc2cccc(F)c2C)c1O. The zero-order valence-electron chi connectivity index (χ0n) is 16.3. The maximum atomic E-state index is 13.7. The van der Waals surface area contributed by atoms with Crippen LogP contribution in [0.25, 0.3) is 0 Å². The number of anilines is 2. The van der Waals surface area contributed by atoms with E-state index in [1.165, 1.54) is 38.1 Å². The zero-order chi connectivity index (χ0) is 23.0. The molecule has 0 spiro atoms. The lowest BCUT2D eigenvalue weighted by Crippen LogP contribution is -2.17. The average Bonchev–Trinajstić information content (AvgIpc) is 2.68. The van der Waals surface area contributed by atoms with Crippen molar-refractivity contribution in [3.05, 3.63) is 77.4 Å². The van der Waals surface area contributed by atoms with Crippen LogP contribution in [0, 0.1) is 25.5 Å². The molecule has 0 atom stereocenters. The number of para-hydroxylation sites is 1. The highest BCUT2D eigenvalue weighted by Crippen LogP contribution is 2.33. The van der Waals surface area contributed by atoms with Crippen LogP contribution in [0.1, 0.15) is 11.1 Å². The van der Waals surface area contributed by atoms with Gasteiger partial charge in [0.1, 0.15) is 21.4 Å². The molecule has 31 heavy (non-hydrogen) atoms. The van der Waals surface area contributed by atoms with Crippen molar-refractivity contribution in [2.45, 2.75) is 23.6 Å². The van der Waals surface area contributed by atoms with Gasteiger partial charge in [0.2, 0.25) is 0 Å². The average molecular weight is 469 g/mol. The molecule has 0 heterocycles. The van der Waals surface area contributed by atoms with Crippen molar-refractivity contribution in [3.63, 3.8) is 0 Å².